The Labute approximate surface area is 105 Å². The van der Waals surface area contributed by atoms with Gasteiger partial charge in [-0.1, -0.05) is 13.3 Å². The second kappa shape index (κ2) is 5.85. The topological polar surface area (TPSA) is 32.3 Å². The lowest BCUT2D eigenvalue weighted by molar-refractivity contribution is -0.134. The molecule has 1 saturated carbocycles. The fraction of sp³-hybridized carbons (Fsp3) is 0.929. The number of likely N-dealkylation sites (tertiary alicyclic amines) is 1. The van der Waals surface area contributed by atoms with E-state index in [9.17, 15) is 4.79 Å². The number of rotatable bonds is 5. The number of hydrogen-bond acceptors (Lipinski definition) is 2. The van der Waals surface area contributed by atoms with Crippen LogP contribution in [0.3, 0.4) is 0 Å². The standard InChI is InChI=1S/C14H26N2O/c1-3-7-12-10-13(12)15-11(2)14(17)16-8-5-4-6-9-16/h11-13,15H,3-10H2,1-2H3. The van der Waals surface area contributed by atoms with E-state index in [0.717, 1.165) is 19.0 Å². The first-order valence-electron chi connectivity index (χ1n) is 7.27. The van der Waals surface area contributed by atoms with Crippen LogP contribution in [0.2, 0.25) is 0 Å². The molecule has 98 valence electrons. The predicted octanol–water partition coefficient (Wildman–Crippen LogP) is 2.17. The molecule has 0 aromatic heterocycles. The molecule has 3 unspecified atom stereocenters. The summed E-state index contributed by atoms with van der Waals surface area (Å²) in [6.45, 7) is 6.19. The summed E-state index contributed by atoms with van der Waals surface area (Å²) in [5.41, 5.74) is 0. The van der Waals surface area contributed by atoms with Crippen LogP contribution in [0.1, 0.15) is 52.4 Å². The normalized spacial score (nSPS) is 30.1. The highest BCUT2D eigenvalue weighted by Gasteiger charge is 2.38. The van der Waals surface area contributed by atoms with Crippen molar-refractivity contribution in [1.82, 2.24) is 10.2 Å². The molecule has 1 amide bonds. The number of nitrogens with one attached hydrogen (secondary N) is 1. The van der Waals surface area contributed by atoms with Crippen molar-refractivity contribution >= 4 is 5.91 Å². The monoisotopic (exact) mass is 238 g/mol. The summed E-state index contributed by atoms with van der Waals surface area (Å²) in [6.07, 6.45) is 7.48. The highest BCUT2D eigenvalue weighted by atomic mass is 16.2. The smallest absolute Gasteiger partial charge is 0.239 e. The van der Waals surface area contributed by atoms with Gasteiger partial charge in [-0.3, -0.25) is 4.79 Å². The molecule has 0 radical (unpaired) electrons. The molecule has 1 heterocycles. The summed E-state index contributed by atoms with van der Waals surface area (Å²) in [7, 11) is 0. The molecule has 0 aromatic carbocycles. The predicted molar refractivity (Wildman–Crippen MR) is 69.8 cm³/mol. The van der Waals surface area contributed by atoms with Crippen LogP contribution in [0.15, 0.2) is 0 Å². The summed E-state index contributed by atoms with van der Waals surface area (Å²) >= 11 is 0. The van der Waals surface area contributed by atoms with Crippen LogP contribution in [-0.2, 0) is 4.79 Å². The Hall–Kier alpha value is -0.570. The summed E-state index contributed by atoms with van der Waals surface area (Å²) in [4.78, 5) is 14.2. The SMILES string of the molecule is CCCC1CC1NC(C)C(=O)N1CCCCC1. The first-order valence-corrected chi connectivity index (χ1v) is 7.27. The van der Waals surface area contributed by atoms with Gasteiger partial charge in [0.2, 0.25) is 5.91 Å². The van der Waals surface area contributed by atoms with Crippen LogP contribution in [0.4, 0.5) is 0 Å². The van der Waals surface area contributed by atoms with Crippen molar-refractivity contribution in [3.8, 4) is 0 Å². The zero-order chi connectivity index (χ0) is 12.3. The molecule has 3 heteroatoms. The van der Waals surface area contributed by atoms with E-state index in [2.05, 4.69) is 12.2 Å². The van der Waals surface area contributed by atoms with Crippen molar-refractivity contribution in [2.75, 3.05) is 13.1 Å². The van der Waals surface area contributed by atoms with E-state index in [1.165, 1.54) is 38.5 Å². The van der Waals surface area contributed by atoms with Crippen molar-refractivity contribution in [1.29, 1.82) is 0 Å². The van der Waals surface area contributed by atoms with Crippen LogP contribution in [0, 0.1) is 5.92 Å². The molecular weight excluding hydrogens is 212 g/mol. The molecule has 0 aromatic rings. The van der Waals surface area contributed by atoms with Crippen LogP contribution < -0.4 is 5.32 Å². The van der Waals surface area contributed by atoms with Crippen molar-refractivity contribution in [3.63, 3.8) is 0 Å². The second-order valence-electron chi connectivity index (χ2n) is 5.67. The maximum Gasteiger partial charge on any atom is 0.239 e. The number of hydrogen-bond donors (Lipinski definition) is 1. The first kappa shape index (κ1) is 12.9. The zero-order valence-corrected chi connectivity index (χ0v) is 11.2. The van der Waals surface area contributed by atoms with Crippen molar-refractivity contribution in [2.45, 2.75) is 64.5 Å². The second-order valence-corrected chi connectivity index (χ2v) is 5.67. The van der Waals surface area contributed by atoms with E-state index in [1.807, 2.05) is 11.8 Å². The van der Waals surface area contributed by atoms with E-state index < -0.39 is 0 Å². The van der Waals surface area contributed by atoms with Crippen LogP contribution in [0.5, 0.6) is 0 Å². The van der Waals surface area contributed by atoms with Crippen LogP contribution >= 0.6 is 0 Å². The van der Waals surface area contributed by atoms with Gasteiger partial charge in [-0.05, 0) is 44.9 Å². The Kier molecular flexibility index (Phi) is 4.43. The minimum absolute atomic E-state index is 0.0138. The molecule has 3 nitrogen and oxygen atoms in total. The highest BCUT2D eigenvalue weighted by molar-refractivity contribution is 5.81. The Morgan fingerprint density at radius 2 is 2.06 bits per heavy atom. The Bertz CT molecular complexity index is 261. The van der Waals surface area contributed by atoms with E-state index in [4.69, 9.17) is 0 Å². The third kappa shape index (κ3) is 3.44. The molecule has 2 rings (SSSR count). The van der Waals surface area contributed by atoms with Gasteiger partial charge in [0.05, 0.1) is 6.04 Å². The van der Waals surface area contributed by atoms with Crippen LogP contribution in [-0.4, -0.2) is 36.0 Å². The maximum atomic E-state index is 12.2. The first-order chi connectivity index (χ1) is 8.22. The lowest BCUT2D eigenvalue weighted by atomic mass is 10.1. The summed E-state index contributed by atoms with van der Waals surface area (Å²) in [6, 6.07) is 0.624. The summed E-state index contributed by atoms with van der Waals surface area (Å²) in [5.74, 6) is 1.14. The minimum atomic E-state index is 0.0138. The fourth-order valence-corrected chi connectivity index (χ4v) is 2.92. The molecule has 1 N–H and O–H groups in total. The van der Waals surface area contributed by atoms with E-state index in [0.29, 0.717) is 11.9 Å². The number of carbonyl (C=O) groups is 1. The highest BCUT2D eigenvalue weighted by Crippen LogP contribution is 2.34. The molecule has 17 heavy (non-hydrogen) atoms. The fourth-order valence-electron chi connectivity index (χ4n) is 2.92. The minimum Gasteiger partial charge on any atom is -0.341 e. The third-order valence-corrected chi connectivity index (χ3v) is 4.08. The number of piperidine rings is 1. The van der Waals surface area contributed by atoms with E-state index in [-0.39, 0.29) is 6.04 Å². The Balaban J connectivity index is 1.72. The quantitative estimate of drug-likeness (QED) is 0.796. The average Bonchev–Trinajstić information content (AvgIpc) is 3.08. The average molecular weight is 238 g/mol. The van der Waals surface area contributed by atoms with Gasteiger partial charge in [0.25, 0.3) is 0 Å². The molecule has 1 aliphatic carbocycles. The van der Waals surface area contributed by atoms with Gasteiger partial charge >= 0.3 is 0 Å². The van der Waals surface area contributed by atoms with Gasteiger partial charge in [0, 0.05) is 19.1 Å². The Morgan fingerprint density at radius 3 is 2.71 bits per heavy atom. The Morgan fingerprint density at radius 1 is 1.35 bits per heavy atom. The molecule has 0 spiro atoms. The molecule has 2 aliphatic rings. The largest absolute Gasteiger partial charge is 0.341 e. The van der Waals surface area contributed by atoms with Gasteiger partial charge in [-0.2, -0.15) is 0 Å². The van der Waals surface area contributed by atoms with Crippen molar-refractivity contribution < 1.29 is 4.79 Å². The summed E-state index contributed by atoms with van der Waals surface area (Å²) in [5, 5.41) is 3.49. The van der Waals surface area contributed by atoms with E-state index >= 15 is 0 Å². The van der Waals surface area contributed by atoms with Crippen molar-refractivity contribution in [2.24, 2.45) is 5.92 Å². The zero-order valence-electron chi connectivity index (χ0n) is 11.2. The lowest BCUT2D eigenvalue weighted by Gasteiger charge is -2.29. The van der Waals surface area contributed by atoms with Gasteiger partial charge in [-0.15, -0.1) is 0 Å². The molecule has 0 bridgehead atoms. The molecule has 1 aliphatic heterocycles. The van der Waals surface area contributed by atoms with E-state index in [1.54, 1.807) is 0 Å². The van der Waals surface area contributed by atoms with Crippen molar-refractivity contribution in [3.05, 3.63) is 0 Å². The van der Waals surface area contributed by atoms with Gasteiger partial charge < -0.3 is 10.2 Å². The van der Waals surface area contributed by atoms with Gasteiger partial charge in [-0.25, -0.2) is 0 Å². The van der Waals surface area contributed by atoms with Crippen LogP contribution in [0.25, 0.3) is 0 Å². The third-order valence-electron chi connectivity index (χ3n) is 4.08. The van der Waals surface area contributed by atoms with Gasteiger partial charge in [0.1, 0.15) is 0 Å². The molecule has 1 saturated heterocycles. The molecule has 3 atom stereocenters. The molecule has 2 fully saturated rings. The van der Waals surface area contributed by atoms with Gasteiger partial charge in [0.15, 0.2) is 0 Å². The summed E-state index contributed by atoms with van der Waals surface area (Å²) < 4.78 is 0. The number of nitrogens with zero attached hydrogens (tertiary/aromatic N) is 1. The maximum absolute atomic E-state index is 12.2. The number of amides is 1. The number of carbonyl (C=O) groups excluding carboxylic acids is 1. The lowest BCUT2D eigenvalue weighted by Crippen LogP contribution is -2.47. The molecular formula is C14H26N2O.